The molecule has 0 aromatic heterocycles. The SMILES string of the molecule is CN(Cc1ccccc1C(F)(F)F)C(=O)[C@H]1C[C@@H](O)CN1. The number of nitrogens with one attached hydrogen (secondary N) is 1. The predicted molar refractivity (Wildman–Crippen MR) is 70.3 cm³/mol. The summed E-state index contributed by atoms with van der Waals surface area (Å²) in [6, 6.07) is 4.67. The van der Waals surface area contributed by atoms with E-state index in [9.17, 15) is 23.1 Å². The molecular formula is C14H17F3N2O2. The van der Waals surface area contributed by atoms with Crippen LogP contribution in [0.5, 0.6) is 0 Å². The number of halogens is 3. The molecule has 1 aromatic rings. The number of carbonyl (C=O) groups is 1. The van der Waals surface area contributed by atoms with Crippen molar-refractivity contribution in [2.24, 2.45) is 0 Å². The predicted octanol–water partition coefficient (Wildman–Crippen LogP) is 1.39. The number of hydrogen-bond donors (Lipinski definition) is 2. The van der Waals surface area contributed by atoms with Crippen LogP contribution in [0.3, 0.4) is 0 Å². The number of carbonyl (C=O) groups excluding carboxylic acids is 1. The van der Waals surface area contributed by atoms with Gasteiger partial charge >= 0.3 is 6.18 Å². The molecule has 1 heterocycles. The first kappa shape index (κ1) is 15.8. The number of benzene rings is 1. The summed E-state index contributed by atoms with van der Waals surface area (Å²) in [6.07, 6.45) is -4.75. The van der Waals surface area contributed by atoms with E-state index in [-0.39, 0.29) is 24.4 Å². The van der Waals surface area contributed by atoms with Gasteiger partial charge in [0.15, 0.2) is 0 Å². The van der Waals surface area contributed by atoms with Crippen LogP contribution >= 0.6 is 0 Å². The van der Waals surface area contributed by atoms with Gasteiger partial charge in [0, 0.05) is 20.1 Å². The van der Waals surface area contributed by atoms with Crippen molar-refractivity contribution in [2.75, 3.05) is 13.6 Å². The Labute approximate surface area is 120 Å². The largest absolute Gasteiger partial charge is 0.416 e. The lowest BCUT2D eigenvalue weighted by Crippen LogP contribution is -2.41. The number of β-amino-alcohol motifs (C(OH)–C–C–N with tert-alkyl or cyclic N) is 1. The number of aliphatic hydroxyl groups excluding tert-OH is 1. The van der Waals surface area contributed by atoms with E-state index in [1.54, 1.807) is 0 Å². The summed E-state index contributed by atoms with van der Waals surface area (Å²) in [5, 5.41) is 12.2. The fourth-order valence-corrected chi connectivity index (χ4v) is 2.44. The highest BCUT2D eigenvalue weighted by molar-refractivity contribution is 5.82. The summed E-state index contributed by atoms with van der Waals surface area (Å²) in [7, 11) is 1.46. The number of hydrogen-bond acceptors (Lipinski definition) is 3. The Kier molecular flexibility index (Phi) is 4.53. The van der Waals surface area contributed by atoms with Crippen molar-refractivity contribution in [3.63, 3.8) is 0 Å². The lowest BCUT2D eigenvalue weighted by Gasteiger charge is -2.23. The summed E-state index contributed by atoms with van der Waals surface area (Å²) in [6.45, 7) is 0.201. The van der Waals surface area contributed by atoms with Crippen LogP contribution in [0.1, 0.15) is 17.5 Å². The summed E-state index contributed by atoms with van der Waals surface area (Å²) >= 11 is 0. The van der Waals surface area contributed by atoms with E-state index in [0.717, 1.165) is 6.07 Å². The first-order valence-electron chi connectivity index (χ1n) is 6.60. The number of nitrogens with zero attached hydrogens (tertiary/aromatic N) is 1. The zero-order valence-electron chi connectivity index (χ0n) is 11.5. The zero-order chi connectivity index (χ0) is 15.6. The molecule has 1 aliphatic rings. The van der Waals surface area contributed by atoms with Crippen molar-refractivity contribution in [2.45, 2.75) is 31.3 Å². The third kappa shape index (κ3) is 3.74. The molecule has 0 aliphatic carbocycles. The molecule has 2 atom stereocenters. The lowest BCUT2D eigenvalue weighted by atomic mass is 10.1. The summed E-state index contributed by atoms with van der Waals surface area (Å²) in [5.41, 5.74) is -0.677. The number of aliphatic hydroxyl groups is 1. The maximum absolute atomic E-state index is 12.9. The molecule has 1 saturated heterocycles. The molecule has 1 fully saturated rings. The molecule has 1 aliphatic heterocycles. The van der Waals surface area contributed by atoms with E-state index in [2.05, 4.69) is 5.32 Å². The minimum absolute atomic E-state index is 0.0550. The Bertz CT molecular complexity index is 519. The highest BCUT2D eigenvalue weighted by Gasteiger charge is 2.34. The van der Waals surface area contributed by atoms with E-state index in [0.29, 0.717) is 6.54 Å². The highest BCUT2D eigenvalue weighted by Crippen LogP contribution is 2.32. The standard InChI is InChI=1S/C14H17F3N2O2/c1-19(13(21)12-6-10(20)7-18-12)8-9-4-2-3-5-11(9)14(15,16)17/h2-5,10,12,18,20H,6-8H2,1H3/t10-,12-/m1/s1. The lowest BCUT2D eigenvalue weighted by molar-refractivity contribution is -0.139. The molecule has 0 saturated carbocycles. The van der Waals surface area contributed by atoms with Crippen LogP contribution in [-0.4, -0.2) is 41.7 Å². The molecule has 21 heavy (non-hydrogen) atoms. The van der Waals surface area contributed by atoms with Gasteiger partial charge in [-0.25, -0.2) is 0 Å². The normalized spacial score (nSPS) is 22.3. The molecule has 0 bridgehead atoms. The summed E-state index contributed by atoms with van der Waals surface area (Å²) in [5.74, 6) is -0.316. The van der Waals surface area contributed by atoms with E-state index >= 15 is 0 Å². The summed E-state index contributed by atoms with van der Waals surface area (Å²) in [4.78, 5) is 13.4. The van der Waals surface area contributed by atoms with Crippen molar-refractivity contribution in [1.29, 1.82) is 0 Å². The second-order valence-electron chi connectivity index (χ2n) is 5.20. The highest BCUT2D eigenvalue weighted by atomic mass is 19.4. The topological polar surface area (TPSA) is 52.6 Å². The van der Waals surface area contributed by atoms with Gasteiger partial charge in [0.1, 0.15) is 0 Å². The zero-order valence-corrected chi connectivity index (χ0v) is 11.5. The van der Waals surface area contributed by atoms with Crippen molar-refractivity contribution in [1.82, 2.24) is 10.2 Å². The van der Waals surface area contributed by atoms with Gasteiger partial charge in [-0.3, -0.25) is 4.79 Å². The molecule has 116 valence electrons. The minimum Gasteiger partial charge on any atom is -0.392 e. The Hall–Kier alpha value is -1.60. The first-order chi connectivity index (χ1) is 9.79. The van der Waals surface area contributed by atoms with Gasteiger partial charge in [0.05, 0.1) is 17.7 Å². The smallest absolute Gasteiger partial charge is 0.392 e. The fraction of sp³-hybridized carbons (Fsp3) is 0.500. The van der Waals surface area contributed by atoms with E-state index in [1.807, 2.05) is 0 Å². The minimum atomic E-state index is -4.44. The number of amides is 1. The van der Waals surface area contributed by atoms with Gasteiger partial charge in [0.25, 0.3) is 0 Å². The van der Waals surface area contributed by atoms with Gasteiger partial charge in [-0.1, -0.05) is 18.2 Å². The van der Waals surface area contributed by atoms with Crippen LogP contribution in [0, 0.1) is 0 Å². The van der Waals surface area contributed by atoms with Crippen LogP contribution in [0.4, 0.5) is 13.2 Å². The van der Waals surface area contributed by atoms with Crippen molar-refractivity contribution in [3.05, 3.63) is 35.4 Å². The van der Waals surface area contributed by atoms with Gasteiger partial charge in [-0.2, -0.15) is 13.2 Å². The molecule has 0 unspecified atom stereocenters. The Morgan fingerprint density at radius 2 is 2.10 bits per heavy atom. The van der Waals surface area contributed by atoms with E-state index in [4.69, 9.17) is 0 Å². The second kappa shape index (κ2) is 6.03. The quantitative estimate of drug-likeness (QED) is 0.887. The third-order valence-corrected chi connectivity index (χ3v) is 3.51. The van der Waals surface area contributed by atoms with Gasteiger partial charge in [0.2, 0.25) is 5.91 Å². The Morgan fingerprint density at radius 3 is 2.67 bits per heavy atom. The molecule has 7 heteroatoms. The van der Waals surface area contributed by atoms with E-state index in [1.165, 1.54) is 30.1 Å². The van der Waals surface area contributed by atoms with Gasteiger partial charge in [-0.05, 0) is 18.1 Å². The number of likely N-dealkylation sites (N-methyl/N-ethyl adjacent to an activating group) is 1. The van der Waals surface area contributed by atoms with E-state index < -0.39 is 23.9 Å². The van der Waals surface area contributed by atoms with Crippen molar-refractivity contribution < 1.29 is 23.1 Å². The van der Waals surface area contributed by atoms with Gasteiger partial charge in [-0.15, -0.1) is 0 Å². The van der Waals surface area contributed by atoms with Gasteiger partial charge < -0.3 is 15.3 Å². The molecule has 2 N–H and O–H groups in total. The molecule has 0 radical (unpaired) electrons. The molecule has 1 amide bonds. The maximum Gasteiger partial charge on any atom is 0.416 e. The Morgan fingerprint density at radius 1 is 1.43 bits per heavy atom. The molecule has 4 nitrogen and oxygen atoms in total. The van der Waals surface area contributed by atoms with Crippen molar-refractivity contribution in [3.8, 4) is 0 Å². The monoisotopic (exact) mass is 302 g/mol. The molecule has 1 aromatic carbocycles. The van der Waals surface area contributed by atoms with Crippen LogP contribution < -0.4 is 5.32 Å². The Balaban J connectivity index is 2.09. The van der Waals surface area contributed by atoms with Crippen LogP contribution in [0.15, 0.2) is 24.3 Å². The average molecular weight is 302 g/mol. The molecule has 2 rings (SSSR count). The second-order valence-corrected chi connectivity index (χ2v) is 5.20. The van der Waals surface area contributed by atoms with Crippen LogP contribution in [0.25, 0.3) is 0 Å². The summed E-state index contributed by atoms with van der Waals surface area (Å²) < 4.78 is 38.7. The molecular weight excluding hydrogens is 285 g/mol. The number of alkyl halides is 3. The first-order valence-corrected chi connectivity index (χ1v) is 6.60. The van der Waals surface area contributed by atoms with Crippen molar-refractivity contribution >= 4 is 5.91 Å². The number of rotatable bonds is 3. The fourth-order valence-electron chi connectivity index (χ4n) is 2.44. The maximum atomic E-state index is 12.9. The van der Waals surface area contributed by atoms with Crippen LogP contribution in [-0.2, 0) is 17.5 Å². The third-order valence-electron chi connectivity index (χ3n) is 3.51. The molecule has 0 spiro atoms. The van der Waals surface area contributed by atoms with Crippen LogP contribution in [0.2, 0.25) is 0 Å². The average Bonchev–Trinajstić information content (AvgIpc) is 2.84.